The van der Waals surface area contributed by atoms with E-state index in [1.54, 1.807) is 6.92 Å². The fraction of sp³-hybridized carbons (Fsp3) is 0.286. The first-order chi connectivity index (χ1) is 12.0. The zero-order valence-electron chi connectivity index (χ0n) is 14.5. The molecule has 4 heteroatoms. The van der Waals surface area contributed by atoms with Crippen LogP contribution in [0.2, 0.25) is 0 Å². The van der Waals surface area contributed by atoms with E-state index in [4.69, 9.17) is 0 Å². The Kier molecular flexibility index (Phi) is 3.83. The molecule has 0 radical (unpaired) electrons. The number of carbonyl (C=O) groups is 1. The molecule has 2 aromatic carbocycles. The Morgan fingerprint density at radius 2 is 2.04 bits per heavy atom. The highest BCUT2D eigenvalue weighted by Crippen LogP contribution is 2.30. The normalized spacial score (nSPS) is 17.4. The van der Waals surface area contributed by atoms with Crippen LogP contribution in [0.3, 0.4) is 0 Å². The van der Waals surface area contributed by atoms with Crippen LogP contribution >= 0.6 is 0 Å². The van der Waals surface area contributed by atoms with Crippen molar-refractivity contribution in [2.24, 2.45) is 0 Å². The van der Waals surface area contributed by atoms with Gasteiger partial charge < -0.3 is 9.47 Å². The van der Waals surface area contributed by atoms with Gasteiger partial charge in [0, 0.05) is 43.2 Å². The summed E-state index contributed by atoms with van der Waals surface area (Å²) in [5, 5.41) is 0.647. The summed E-state index contributed by atoms with van der Waals surface area (Å²) < 4.78 is 16.1. The molecule has 1 amide bonds. The molecule has 1 atom stereocenters. The van der Waals surface area contributed by atoms with E-state index in [2.05, 4.69) is 16.7 Å². The summed E-state index contributed by atoms with van der Waals surface area (Å²) >= 11 is 0. The van der Waals surface area contributed by atoms with Crippen molar-refractivity contribution in [1.29, 1.82) is 0 Å². The molecule has 3 nitrogen and oxygen atoms in total. The predicted octanol–water partition coefficient (Wildman–Crippen LogP) is 4.41. The minimum Gasteiger partial charge on any atom is -0.342 e. The van der Waals surface area contributed by atoms with E-state index >= 15 is 0 Å². The van der Waals surface area contributed by atoms with Gasteiger partial charge in [0.15, 0.2) is 0 Å². The Labute approximate surface area is 146 Å². The van der Waals surface area contributed by atoms with Gasteiger partial charge in [-0.25, -0.2) is 4.39 Å². The molecule has 1 aliphatic heterocycles. The summed E-state index contributed by atoms with van der Waals surface area (Å²) in [6, 6.07) is 13.5. The average molecular weight is 336 g/mol. The van der Waals surface area contributed by atoms with Crippen LogP contribution in [0.4, 0.5) is 4.39 Å². The quantitative estimate of drug-likeness (QED) is 0.680. The molecular weight excluding hydrogens is 315 g/mol. The zero-order chi connectivity index (χ0) is 17.6. The molecule has 1 unspecified atom stereocenters. The molecule has 3 aromatic rings. The third-order valence-corrected chi connectivity index (χ3v) is 5.25. The Morgan fingerprint density at radius 3 is 2.80 bits per heavy atom. The highest BCUT2D eigenvalue weighted by molar-refractivity contribution is 5.85. The molecule has 0 saturated carbocycles. The number of benzene rings is 2. The number of fused-ring (bicyclic) bond motifs is 1. The summed E-state index contributed by atoms with van der Waals surface area (Å²) in [6.07, 6.45) is 2.92. The van der Waals surface area contributed by atoms with Crippen molar-refractivity contribution in [3.63, 3.8) is 0 Å². The number of hydrogen-bond acceptors (Lipinski definition) is 1. The topological polar surface area (TPSA) is 25.2 Å². The third kappa shape index (κ3) is 2.72. The molecule has 1 aliphatic rings. The molecule has 0 aliphatic carbocycles. The Bertz CT molecular complexity index is 960. The lowest BCUT2D eigenvalue weighted by Gasteiger charge is -2.15. The van der Waals surface area contributed by atoms with Crippen molar-refractivity contribution in [1.82, 2.24) is 9.47 Å². The van der Waals surface area contributed by atoms with Gasteiger partial charge in [0.05, 0.1) is 5.52 Å². The maximum atomic E-state index is 14.1. The molecule has 4 rings (SSSR count). The van der Waals surface area contributed by atoms with Crippen molar-refractivity contribution in [3.05, 3.63) is 65.6 Å². The molecule has 128 valence electrons. The standard InChI is InChI=1S/C21H21FN2O/c1-14-6-7-20(22)19-9-11-24(21(14)19)18-5-3-4-16(12-18)17-8-10-23(13-17)15(2)25/h3-7,9,11-12,17H,8,10,13H2,1-2H3. The fourth-order valence-electron chi connectivity index (χ4n) is 3.86. The second-order valence-corrected chi connectivity index (χ2v) is 6.86. The summed E-state index contributed by atoms with van der Waals surface area (Å²) in [7, 11) is 0. The summed E-state index contributed by atoms with van der Waals surface area (Å²) in [4.78, 5) is 13.5. The molecule has 0 N–H and O–H groups in total. The minimum atomic E-state index is -0.191. The number of hydrogen-bond donors (Lipinski definition) is 0. The van der Waals surface area contributed by atoms with Crippen LogP contribution in [0.1, 0.15) is 30.4 Å². The van der Waals surface area contributed by atoms with Crippen LogP contribution < -0.4 is 0 Å². The number of amides is 1. The van der Waals surface area contributed by atoms with Crippen molar-refractivity contribution in [3.8, 4) is 5.69 Å². The van der Waals surface area contributed by atoms with Gasteiger partial charge in [-0.3, -0.25) is 4.79 Å². The molecule has 1 saturated heterocycles. The molecular formula is C21H21FN2O. The summed E-state index contributed by atoms with van der Waals surface area (Å²) in [5.41, 5.74) is 4.23. The van der Waals surface area contributed by atoms with Gasteiger partial charge in [0.25, 0.3) is 0 Å². The van der Waals surface area contributed by atoms with Crippen molar-refractivity contribution >= 4 is 16.8 Å². The number of likely N-dealkylation sites (tertiary alicyclic amines) is 1. The number of aromatic nitrogens is 1. The Morgan fingerprint density at radius 1 is 1.20 bits per heavy atom. The molecule has 1 aromatic heterocycles. The van der Waals surface area contributed by atoms with E-state index < -0.39 is 0 Å². The van der Waals surface area contributed by atoms with E-state index in [0.29, 0.717) is 11.3 Å². The molecule has 25 heavy (non-hydrogen) atoms. The van der Waals surface area contributed by atoms with E-state index in [1.807, 2.05) is 42.3 Å². The maximum absolute atomic E-state index is 14.1. The number of nitrogens with zero attached hydrogens (tertiary/aromatic N) is 2. The summed E-state index contributed by atoms with van der Waals surface area (Å²) in [5.74, 6) is 0.313. The minimum absolute atomic E-state index is 0.140. The lowest BCUT2D eigenvalue weighted by Crippen LogP contribution is -2.25. The van der Waals surface area contributed by atoms with Crippen LogP contribution in [0.25, 0.3) is 16.6 Å². The van der Waals surface area contributed by atoms with Crippen LogP contribution in [-0.4, -0.2) is 28.5 Å². The molecule has 0 spiro atoms. The summed E-state index contributed by atoms with van der Waals surface area (Å²) in [6.45, 7) is 5.23. The monoisotopic (exact) mass is 336 g/mol. The lowest BCUT2D eigenvalue weighted by molar-refractivity contribution is -0.127. The maximum Gasteiger partial charge on any atom is 0.219 e. The van der Waals surface area contributed by atoms with E-state index in [9.17, 15) is 9.18 Å². The van der Waals surface area contributed by atoms with E-state index in [1.165, 1.54) is 11.6 Å². The lowest BCUT2D eigenvalue weighted by atomic mass is 9.98. The second-order valence-electron chi connectivity index (χ2n) is 6.86. The first-order valence-electron chi connectivity index (χ1n) is 8.66. The third-order valence-electron chi connectivity index (χ3n) is 5.25. The largest absolute Gasteiger partial charge is 0.342 e. The van der Waals surface area contributed by atoms with Gasteiger partial charge in [-0.2, -0.15) is 0 Å². The highest BCUT2D eigenvalue weighted by Gasteiger charge is 2.25. The van der Waals surface area contributed by atoms with Crippen molar-refractivity contribution < 1.29 is 9.18 Å². The van der Waals surface area contributed by atoms with Gasteiger partial charge in [-0.05, 0) is 48.7 Å². The Balaban J connectivity index is 1.74. The smallest absolute Gasteiger partial charge is 0.219 e. The first kappa shape index (κ1) is 15.9. The number of halogens is 1. The molecule has 1 fully saturated rings. The van der Waals surface area contributed by atoms with Gasteiger partial charge in [-0.15, -0.1) is 0 Å². The van der Waals surface area contributed by atoms with Crippen LogP contribution in [0, 0.1) is 12.7 Å². The zero-order valence-corrected chi connectivity index (χ0v) is 14.5. The number of rotatable bonds is 2. The highest BCUT2D eigenvalue weighted by atomic mass is 19.1. The van der Waals surface area contributed by atoms with Crippen LogP contribution in [0.15, 0.2) is 48.7 Å². The average Bonchev–Trinajstić information content (AvgIpc) is 3.26. The SMILES string of the molecule is CC(=O)N1CCC(c2cccc(-n3ccc4c(F)ccc(C)c43)c2)C1. The van der Waals surface area contributed by atoms with Gasteiger partial charge in [0.2, 0.25) is 5.91 Å². The molecule has 0 bridgehead atoms. The van der Waals surface area contributed by atoms with Gasteiger partial charge >= 0.3 is 0 Å². The van der Waals surface area contributed by atoms with Crippen molar-refractivity contribution in [2.45, 2.75) is 26.2 Å². The van der Waals surface area contributed by atoms with Gasteiger partial charge in [-0.1, -0.05) is 18.2 Å². The van der Waals surface area contributed by atoms with Crippen LogP contribution in [-0.2, 0) is 4.79 Å². The fourth-order valence-corrected chi connectivity index (χ4v) is 3.86. The van der Waals surface area contributed by atoms with Gasteiger partial charge in [0.1, 0.15) is 5.82 Å². The number of carbonyl (C=O) groups excluding carboxylic acids is 1. The predicted molar refractivity (Wildman–Crippen MR) is 97.6 cm³/mol. The van der Waals surface area contributed by atoms with E-state index in [0.717, 1.165) is 36.3 Å². The number of aryl methyl sites for hydroxylation is 1. The molecule has 2 heterocycles. The second kappa shape index (κ2) is 6.03. The Hall–Kier alpha value is -2.62. The first-order valence-corrected chi connectivity index (χ1v) is 8.66. The van der Waals surface area contributed by atoms with Crippen molar-refractivity contribution in [2.75, 3.05) is 13.1 Å². The van der Waals surface area contributed by atoms with E-state index in [-0.39, 0.29) is 11.7 Å². The van der Waals surface area contributed by atoms with Crippen LogP contribution in [0.5, 0.6) is 0 Å².